The molecule has 0 heterocycles. The summed E-state index contributed by atoms with van der Waals surface area (Å²) in [5.41, 5.74) is 0.248. The Hall–Kier alpha value is -1.56. The summed E-state index contributed by atoms with van der Waals surface area (Å²) >= 11 is 0. The molecular formula is C12H14F3NO2. The van der Waals surface area contributed by atoms with Crippen LogP contribution in [0, 0.1) is 17.5 Å². The predicted molar refractivity (Wildman–Crippen MR) is 59.4 cm³/mol. The molecule has 1 atom stereocenters. The van der Waals surface area contributed by atoms with E-state index in [4.69, 9.17) is 0 Å². The number of carbonyl (C=O) groups excluding carboxylic acids is 1. The SMILES string of the molecule is CCC(NCC(=O)OC)c1cc(F)c(F)c(F)c1. The molecule has 0 saturated carbocycles. The topological polar surface area (TPSA) is 38.3 Å². The lowest BCUT2D eigenvalue weighted by molar-refractivity contribution is -0.139. The average Bonchev–Trinajstić information content (AvgIpc) is 2.36. The number of hydrogen-bond acceptors (Lipinski definition) is 3. The molecule has 1 unspecified atom stereocenters. The van der Waals surface area contributed by atoms with Crippen molar-refractivity contribution in [3.63, 3.8) is 0 Å². The van der Waals surface area contributed by atoms with Gasteiger partial charge in [0.1, 0.15) is 0 Å². The van der Waals surface area contributed by atoms with Crippen LogP contribution in [0.3, 0.4) is 0 Å². The van der Waals surface area contributed by atoms with Gasteiger partial charge in [-0.05, 0) is 24.1 Å². The fourth-order valence-electron chi connectivity index (χ4n) is 1.55. The molecular weight excluding hydrogens is 247 g/mol. The molecule has 1 aromatic carbocycles. The summed E-state index contributed by atoms with van der Waals surface area (Å²) in [4.78, 5) is 11.0. The van der Waals surface area contributed by atoms with E-state index in [1.807, 2.05) is 0 Å². The largest absolute Gasteiger partial charge is 0.468 e. The number of benzene rings is 1. The maximum Gasteiger partial charge on any atom is 0.319 e. The van der Waals surface area contributed by atoms with E-state index < -0.39 is 29.5 Å². The summed E-state index contributed by atoms with van der Waals surface area (Å²) in [6, 6.07) is 1.38. The van der Waals surface area contributed by atoms with Crippen LogP contribution in [-0.2, 0) is 9.53 Å². The van der Waals surface area contributed by atoms with Gasteiger partial charge in [-0.15, -0.1) is 0 Å². The number of carbonyl (C=O) groups is 1. The van der Waals surface area contributed by atoms with Crippen LogP contribution >= 0.6 is 0 Å². The molecule has 0 radical (unpaired) electrons. The Bertz CT molecular complexity index is 414. The van der Waals surface area contributed by atoms with E-state index in [1.54, 1.807) is 6.92 Å². The van der Waals surface area contributed by atoms with E-state index in [1.165, 1.54) is 7.11 Å². The van der Waals surface area contributed by atoms with Gasteiger partial charge < -0.3 is 10.1 Å². The second-order valence-corrected chi connectivity index (χ2v) is 3.72. The van der Waals surface area contributed by atoms with E-state index in [0.717, 1.165) is 12.1 Å². The van der Waals surface area contributed by atoms with E-state index in [0.29, 0.717) is 6.42 Å². The average molecular weight is 261 g/mol. The number of nitrogens with one attached hydrogen (secondary N) is 1. The molecule has 0 aromatic heterocycles. The second kappa shape index (κ2) is 6.39. The Labute approximate surface area is 103 Å². The minimum Gasteiger partial charge on any atom is -0.468 e. The van der Waals surface area contributed by atoms with Crippen LogP contribution in [0.4, 0.5) is 13.2 Å². The molecule has 0 aliphatic heterocycles. The number of ether oxygens (including phenoxy) is 1. The van der Waals surface area contributed by atoms with Crippen LogP contribution in [0.5, 0.6) is 0 Å². The molecule has 0 aliphatic carbocycles. The molecule has 6 heteroatoms. The minimum absolute atomic E-state index is 0.0877. The van der Waals surface area contributed by atoms with Gasteiger partial charge >= 0.3 is 5.97 Å². The van der Waals surface area contributed by atoms with Crippen molar-refractivity contribution >= 4 is 5.97 Å². The van der Waals surface area contributed by atoms with Gasteiger partial charge in [-0.3, -0.25) is 4.79 Å². The highest BCUT2D eigenvalue weighted by Gasteiger charge is 2.16. The lowest BCUT2D eigenvalue weighted by atomic mass is 10.0. The lowest BCUT2D eigenvalue weighted by Crippen LogP contribution is -2.28. The van der Waals surface area contributed by atoms with Crippen molar-refractivity contribution in [2.75, 3.05) is 13.7 Å². The third kappa shape index (κ3) is 3.46. The summed E-state index contributed by atoms with van der Waals surface area (Å²) in [5, 5.41) is 2.78. The Morgan fingerprint density at radius 2 is 1.89 bits per heavy atom. The quantitative estimate of drug-likeness (QED) is 0.653. The molecule has 0 amide bonds. The second-order valence-electron chi connectivity index (χ2n) is 3.72. The molecule has 1 aromatic rings. The number of rotatable bonds is 5. The van der Waals surface area contributed by atoms with Gasteiger partial charge in [0.25, 0.3) is 0 Å². The van der Waals surface area contributed by atoms with Gasteiger partial charge in [0.05, 0.1) is 13.7 Å². The van der Waals surface area contributed by atoms with Gasteiger partial charge in [0, 0.05) is 6.04 Å². The number of methoxy groups -OCH3 is 1. The normalized spacial score (nSPS) is 12.3. The van der Waals surface area contributed by atoms with E-state index in [2.05, 4.69) is 10.1 Å². The van der Waals surface area contributed by atoms with Crippen molar-refractivity contribution < 1.29 is 22.7 Å². The fraction of sp³-hybridized carbons (Fsp3) is 0.417. The molecule has 100 valence electrons. The van der Waals surface area contributed by atoms with Crippen molar-refractivity contribution in [3.05, 3.63) is 35.1 Å². The van der Waals surface area contributed by atoms with Crippen molar-refractivity contribution in [2.24, 2.45) is 0 Å². The van der Waals surface area contributed by atoms with E-state index in [9.17, 15) is 18.0 Å². The van der Waals surface area contributed by atoms with Gasteiger partial charge in [-0.2, -0.15) is 0 Å². The molecule has 0 saturated heterocycles. The van der Waals surface area contributed by atoms with Crippen molar-refractivity contribution in [1.29, 1.82) is 0 Å². The molecule has 0 bridgehead atoms. The summed E-state index contributed by atoms with van der Waals surface area (Å²) in [6.45, 7) is 1.68. The first kappa shape index (κ1) is 14.5. The van der Waals surface area contributed by atoms with Gasteiger partial charge in [0.2, 0.25) is 0 Å². The monoisotopic (exact) mass is 261 g/mol. The van der Waals surface area contributed by atoms with Crippen molar-refractivity contribution in [2.45, 2.75) is 19.4 Å². The maximum absolute atomic E-state index is 13.1. The van der Waals surface area contributed by atoms with Crippen LogP contribution < -0.4 is 5.32 Å². The van der Waals surface area contributed by atoms with Gasteiger partial charge in [0.15, 0.2) is 17.5 Å². The highest BCUT2D eigenvalue weighted by atomic mass is 19.2. The number of hydrogen-bond donors (Lipinski definition) is 1. The smallest absolute Gasteiger partial charge is 0.319 e. The zero-order chi connectivity index (χ0) is 13.7. The van der Waals surface area contributed by atoms with Crippen molar-refractivity contribution in [3.8, 4) is 0 Å². The fourth-order valence-corrected chi connectivity index (χ4v) is 1.55. The number of halogens is 3. The zero-order valence-electron chi connectivity index (χ0n) is 10.1. The summed E-state index contributed by atoms with van der Waals surface area (Å²) in [5.74, 6) is -4.48. The molecule has 18 heavy (non-hydrogen) atoms. The minimum atomic E-state index is -1.50. The Morgan fingerprint density at radius 1 is 1.33 bits per heavy atom. The van der Waals surface area contributed by atoms with Crippen LogP contribution in [-0.4, -0.2) is 19.6 Å². The van der Waals surface area contributed by atoms with Crippen molar-refractivity contribution in [1.82, 2.24) is 5.32 Å². The molecule has 1 N–H and O–H groups in total. The predicted octanol–water partition coefficient (Wildman–Crippen LogP) is 2.32. The third-order valence-electron chi connectivity index (χ3n) is 2.54. The number of esters is 1. The van der Waals surface area contributed by atoms with Crippen LogP contribution in [0.15, 0.2) is 12.1 Å². The summed E-state index contributed by atoms with van der Waals surface area (Å²) in [6.07, 6.45) is 0.488. The first-order valence-electron chi connectivity index (χ1n) is 5.44. The highest BCUT2D eigenvalue weighted by Crippen LogP contribution is 2.21. The Morgan fingerprint density at radius 3 is 2.33 bits per heavy atom. The molecule has 0 aliphatic rings. The van der Waals surface area contributed by atoms with Gasteiger partial charge in [-0.25, -0.2) is 13.2 Å². The molecule has 0 fully saturated rings. The Kier molecular flexibility index (Phi) is 5.15. The van der Waals surface area contributed by atoms with E-state index in [-0.39, 0.29) is 12.1 Å². The lowest BCUT2D eigenvalue weighted by Gasteiger charge is -2.17. The molecule has 1 rings (SSSR count). The summed E-state index contributed by atoms with van der Waals surface area (Å²) < 4.78 is 43.4. The first-order chi connectivity index (χ1) is 8.49. The highest BCUT2D eigenvalue weighted by molar-refractivity contribution is 5.71. The van der Waals surface area contributed by atoms with E-state index >= 15 is 0 Å². The Balaban J connectivity index is 2.85. The van der Waals surface area contributed by atoms with Crippen LogP contribution in [0.25, 0.3) is 0 Å². The molecule has 3 nitrogen and oxygen atoms in total. The van der Waals surface area contributed by atoms with Gasteiger partial charge in [-0.1, -0.05) is 6.92 Å². The summed E-state index contributed by atoms with van der Waals surface area (Å²) in [7, 11) is 1.24. The molecule has 0 spiro atoms. The first-order valence-corrected chi connectivity index (χ1v) is 5.44. The van der Waals surface area contributed by atoms with Crippen LogP contribution in [0.1, 0.15) is 24.9 Å². The van der Waals surface area contributed by atoms with Crippen LogP contribution in [0.2, 0.25) is 0 Å². The third-order valence-corrected chi connectivity index (χ3v) is 2.54. The maximum atomic E-state index is 13.1. The zero-order valence-corrected chi connectivity index (χ0v) is 10.1. The standard InChI is InChI=1S/C12H14F3NO2/c1-3-10(16-6-11(17)18-2)7-4-8(13)12(15)9(14)5-7/h4-5,10,16H,3,6H2,1-2H3.